The number of nitrogens with one attached hydrogen (secondary N) is 1. The van der Waals surface area contributed by atoms with Crippen molar-refractivity contribution in [3.05, 3.63) is 65.7 Å². The lowest BCUT2D eigenvalue weighted by Crippen LogP contribution is -2.42. The van der Waals surface area contributed by atoms with Crippen LogP contribution >= 0.6 is 11.8 Å². The summed E-state index contributed by atoms with van der Waals surface area (Å²) < 4.78 is 0. The summed E-state index contributed by atoms with van der Waals surface area (Å²) in [6.45, 7) is 4.12. The molecule has 2 atom stereocenters. The Labute approximate surface area is 142 Å². The molecule has 3 N–H and O–H groups in total. The van der Waals surface area contributed by atoms with Crippen LogP contribution in [0.15, 0.2) is 59.5 Å². The second-order valence-electron chi connectivity index (χ2n) is 5.53. The maximum Gasteiger partial charge on any atom is 0.237 e. The highest BCUT2D eigenvalue weighted by Gasteiger charge is 2.17. The fourth-order valence-electron chi connectivity index (χ4n) is 2.38. The Bertz CT molecular complexity index is 613. The van der Waals surface area contributed by atoms with E-state index in [9.17, 15) is 4.79 Å². The maximum atomic E-state index is 12.3. The molecule has 23 heavy (non-hydrogen) atoms. The van der Waals surface area contributed by atoms with Crippen LogP contribution in [-0.2, 0) is 11.2 Å². The van der Waals surface area contributed by atoms with Gasteiger partial charge in [-0.1, -0.05) is 49.4 Å². The monoisotopic (exact) mass is 328 g/mol. The molecule has 122 valence electrons. The molecule has 2 aromatic carbocycles. The largest absolute Gasteiger partial charge is 0.348 e. The van der Waals surface area contributed by atoms with Crippen LogP contribution in [-0.4, -0.2) is 17.7 Å². The Kier molecular flexibility index (Phi) is 6.68. The maximum absolute atomic E-state index is 12.3. The molecule has 0 saturated carbocycles. The molecular formula is C19H24N2OS. The zero-order valence-corrected chi connectivity index (χ0v) is 14.5. The molecule has 0 spiro atoms. The number of hydrogen-bond acceptors (Lipinski definition) is 3. The van der Waals surface area contributed by atoms with Gasteiger partial charge in [-0.05, 0) is 42.4 Å². The summed E-state index contributed by atoms with van der Waals surface area (Å²) in [6.07, 6.45) is 0.547. The van der Waals surface area contributed by atoms with Gasteiger partial charge < -0.3 is 11.1 Å². The van der Waals surface area contributed by atoms with E-state index in [1.807, 2.05) is 49.0 Å². The Hall–Kier alpha value is -1.78. The number of benzene rings is 2. The van der Waals surface area contributed by atoms with E-state index in [2.05, 4.69) is 36.5 Å². The molecular weight excluding hydrogens is 304 g/mol. The van der Waals surface area contributed by atoms with Gasteiger partial charge in [-0.15, -0.1) is 11.8 Å². The first-order chi connectivity index (χ1) is 11.1. The predicted molar refractivity (Wildman–Crippen MR) is 97.5 cm³/mol. The van der Waals surface area contributed by atoms with Crippen LogP contribution in [0.25, 0.3) is 0 Å². The molecule has 0 aliphatic rings. The summed E-state index contributed by atoms with van der Waals surface area (Å²) in [5.74, 6) is 0.938. The minimum absolute atomic E-state index is 0.0509. The predicted octanol–water partition coefficient (Wildman–Crippen LogP) is 3.55. The van der Waals surface area contributed by atoms with Crippen molar-refractivity contribution in [2.75, 3.05) is 5.75 Å². The molecule has 0 saturated heterocycles. The number of carbonyl (C=O) groups excluding carboxylic acids is 1. The lowest BCUT2D eigenvalue weighted by atomic mass is 10.0. The van der Waals surface area contributed by atoms with Crippen molar-refractivity contribution >= 4 is 17.7 Å². The van der Waals surface area contributed by atoms with Gasteiger partial charge in [0, 0.05) is 4.90 Å². The third-order valence-corrected chi connectivity index (χ3v) is 4.58. The highest BCUT2D eigenvalue weighted by Crippen LogP contribution is 2.20. The van der Waals surface area contributed by atoms with Crippen molar-refractivity contribution in [3.63, 3.8) is 0 Å². The third-order valence-electron chi connectivity index (χ3n) is 3.69. The molecule has 0 aromatic heterocycles. The van der Waals surface area contributed by atoms with Gasteiger partial charge in [0.15, 0.2) is 0 Å². The van der Waals surface area contributed by atoms with Crippen molar-refractivity contribution in [1.29, 1.82) is 0 Å². The average molecular weight is 328 g/mol. The van der Waals surface area contributed by atoms with E-state index in [0.717, 1.165) is 16.9 Å². The average Bonchev–Trinajstić information content (AvgIpc) is 2.56. The summed E-state index contributed by atoms with van der Waals surface area (Å²) in [6, 6.07) is 17.6. The van der Waals surface area contributed by atoms with Crippen molar-refractivity contribution in [2.24, 2.45) is 5.73 Å². The normalized spacial score (nSPS) is 13.3. The van der Waals surface area contributed by atoms with Crippen LogP contribution in [0.1, 0.15) is 31.0 Å². The summed E-state index contributed by atoms with van der Waals surface area (Å²) in [4.78, 5) is 13.5. The van der Waals surface area contributed by atoms with Crippen molar-refractivity contribution in [1.82, 2.24) is 5.32 Å². The Balaban J connectivity index is 1.90. The van der Waals surface area contributed by atoms with Gasteiger partial charge >= 0.3 is 0 Å². The molecule has 0 radical (unpaired) electrons. The second-order valence-corrected chi connectivity index (χ2v) is 6.87. The molecule has 1 unspecified atom stereocenters. The minimum atomic E-state index is -0.533. The molecule has 2 rings (SSSR count). The zero-order chi connectivity index (χ0) is 16.7. The lowest BCUT2D eigenvalue weighted by molar-refractivity contribution is -0.123. The van der Waals surface area contributed by atoms with Gasteiger partial charge in [0.1, 0.15) is 0 Å². The molecule has 3 nitrogen and oxygen atoms in total. The van der Waals surface area contributed by atoms with Gasteiger partial charge in [-0.3, -0.25) is 4.79 Å². The summed E-state index contributed by atoms with van der Waals surface area (Å²) in [5, 5.41) is 3.00. The number of rotatable bonds is 7. The topological polar surface area (TPSA) is 55.1 Å². The van der Waals surface area contributed by atoms with E-state index >= 15 is 0 Å². The van der Waals surface area contributed by atoms with E-state index in [1.165, 1.54) is 4.90 Å². The van der Waals surface area contributed by atoms with Crippen molar-refractivity contribution in [2.45, 2.75) is 37.2 Å². The molecule has 0 heterocycles. The van der Waals surface area contributed by atoms with Crippen molar-refractivity contribution < 1.29 is 4.79 Å². The molecule has 0 fully saturated rings. The zero-order valence-electron chi connectivity index (χ0n) is 13.7. The quantitative estimate of drug-likeness (QED) is 0.764. The first-order valence-corrected chi connectivity index (χ1v) is 8.91. The van der Waals surface area contributed by atoms with E-state index < -0.39 is 6.04 Å². The number of nitrogens with two attached hydrogens (primary N) is 1. The smallest absolute Gasteiger partial charge is 0.237 e. The molecule has 1 amide bonds. The number of amides is 1. The Morgan fingerprint density at radius 2 is 1.78 bits per heavy atom. The molecule has 0 bridgehead atoms. The fourth-order valence-corrected chi connectivity index (χ4v) is 3.05. The molecule has 2 aromatic rings. The number of thioether (sulfide) groups is 1. The van der Waals surface area contributed by atoms with Crippen molar-refractivity contribution in [3.8, 4) is 0 Å². The first kappa shape index (κ1) is 17.6. The first-order valence-electron chi connectivity index (χ1n) is 7.92. The van der Waals surface area contributed by atoms with Crippen LogP contribution in [0.4, 0.5) is 0 Å². The lowest BCUT2D eigenvalue weighted by Gasteiger charge is -2.18. The van der Waals surface area contributed by atoms with E-state index in [0.29, 0.717) is 6.42 Å². The highest BCUT2D eigenvalue weighted by molar-refractivity contribution is 7.99. The van der Waals surface area contributed by atoms with Crippen LogP contribution in [0.5, 0.6) is 0 Å². The van der Waals surface area contributed by atoms with Crippen LogP contribution in [0.2, 0.25) is 0 Å². The molecule has 4 heteroatoms. The molecule has 0 aliphatic heterocycles. The van der Waals surface area contributed by atoms with Crippen LogP contribution < -0.4 is 11.1 Å². The van der Waals surface area contributed by atoms with Gasteiger partial charge in [0.2, 0.25) is 5.91 Å². The second kappa shape index (κ2) is 8.75. The van der Waals surface area contributed by atoms with Gasteiger partial charge in [-0.25, -0.2) is 0 Å². The van der Waals surface area contributed by atoms with Crippen LogP contribution in [0, 0.1) is 0 Å². The van der Waals surface area contributed by atoms with E-state index in [-0.39, 0.29) is 11.9 Å². The number of hydrogen-bond donors (Lipinski definition) is 2. The van der Waals surface area contributed by atoms with E-state index in [1.54, 1.807) is 0 Å². The Morgan fingerprint density at radius 1 is 1.13 bits per heavy atom. The van der Waals surface area contributed by atoms with Gasteiger partial charge in [0.05, 0.1) is 12.1 Å². The fraction of sp³-hybridized carbons (Fsp3) is 0.316. The third kappa shape index (κ3) is 5.41. The molecule has 0 aliphatic carbocycles. The number of carbonyl (C=O) groups is 1. The summed E-state index contributed by atoms with van der Waals surface area (Å²) in [7, 11) is 0. The SMILES string of the molecule is CCSc1ccc(C(C)NC(=O)[C@@H](N)Cc2ccccc2)cc1. The van der Waals surface area contributed by atoms with Crippen LogP contribution in [0.3, 0.4) is 0 Å². The minimum Gasteiger partial charge on any atom is -0.348 e. The van der Waals surface area contributed by atoms with E-state index in [4.69, 9.17) is 5.73 Å². The standard InChI is InChI=1S/C19H24N2OS/c1-3-23-17-11-9-16(10-12-17)14(2)21-19(22)18(20)13-15-7-5-4-6-8-15/h4-12,14,18H,3,13,20H2,1-2H3,(H,21,22)/t14?,18-/m0/s1. The Morgan fingerprint density at radius 3 is 2.39 bits per heavy atom. The summed E-state index contributed by atoms with van der Waals surface area (Å²) >= 11 is 1.81. The summed E-state index contributed by atoms with van der Waals surface area (Å²) in [5.41, 5.74) is 8.19. The van der Waals surface area contributed by atoms with Gasteiger partial charge in [-0.2, -0.15) is 0 Å². The van der Waals surface area contributed by atoms with Gasteiger partial charge in [0.25, 0.3) is 0 Å². The highest BCUT2D eigenvalue weighted by atomic mass is 32.2.